The fourth-order valence-electron chi connectivity index (χ4n) is 3.43. The van der Waals surface area contributed by atoms with Crippen molar-refractivity contribution in [1.29, 1.82) is 0 Å². The molecule has 3 heterocycles. The van der Waals surface area contributed by atoms with Crippen LogP contribution >= 0.6 is 0 Å². The predicted molar refractivity (Wildman–Crippen MR) is 104 cm³/mol. The number of piperazine rings is 1. The van der Waals surface area contributed by atoms with Crippen molar-refractivity contribution in [2.45, 2.75) is 13.3 Å². The van der Waals surface area contributed by atoms with Gasteiger partial charge in [0.1, 0.15) is 11.6 Å². The number of aromatic nitrogens is 4. The van der Waals surface area contributed by atoms with Crippen molar-refractivity contribution in [3.05, 3.63) is 48.7 Å². The zero-order valence-corrected chi connectivity index (χ0v) is 15.4. The van der Waals surface area contributed by atoms with Gasteiger partial charge in [-0.15, -0.1) is 0 Å². The number of hydrogen-bond acceptors (Lipinski definition) is 5. The number of nitrogens with zero attached hydrogens (tertiary/aromatic N) is 5. The Morgan fingerprint density at radius 2 is 1.85 bits per heavy atom. The molecule has 0 amide bonds. The van der Waals surface area contributed by atoms with Crippen LogP contribution in [0, 0.1) is 5.82 Å². The number of benzene rings is 1. The Morgan fingerprint density at radius 1 is 1.07 bits per heavy atom. The van der Waals surface area contributed by atoms with Gasteiger partial charge in [0.2, 0.25) is 5.95 Å². The topological polar surface area (TPSA) is 60.9 Å². The summed E-state index contributed by atoms with van der Waals surface area (Å²) in [5.41, 5.74) is 2.40. The first-order chi connectivity index (χ1) is 13.2. The molecule has 4 rings (SSSR count). The number of nitrogens with one attached hydrogen (secondary N) is 1. The molecule has 1 fully saturated rings. The lowest BCUT2D eigenvalue weighted by Gasteiger charge is -2.34. The molecule has 0 radical (unpaired) electrons. The lowest BCUT2D eigenvalue weighted by Crippen LogP contribution is -2.47. The van der Waals surface area contributed by atoms with Crippen LogP contribution in [0.25, 0.3) is 22.6 Å². The summed E-state index contributed by atoms with van der Waals surface area (Å²) in [6, 6.07) is 6.39. The molecule has 1 N–H and O–H groups in total. The maximum Gasteiger partial charge on any atom is 0.225 e. The molecule has 0 aliphatic carbocycles. The molecule has 1 aliphatic rings. The van der Waals surface area contributed by atoms with Gasteiger partial charge in [-0.3, -0.25) is 4.90 Å². The summed E-state index contributed by atoms with van der Waals surface area (Å²) >= 11 is 0. The maximum absolute atomic E-state index is 13.4. The number of halogens is 1. The minimum absolute atomic E-state index is 0.264. The smallest absolute Gasteiger partial charge is 0.225 e. The zero-order chi connectivity index (χ0) is 18.6. The van der Waals surface area contributed by atoms with Gasteiger partial charge < -0.3 is 9.88 Å². The van der Waals surface area contributed by atoms with Crippen molar-refractivity contribution >= 4 is 5.95 Å². The molecule has 2 aromatic heterocycles. The van der Waals surface area contributed by atoms with Gasteiger partial charge >= 0.3 is 0 Å². The van der Waals surface area contributed by atoms with Crippen molar-refractivity contribution in [3.8, 4) is 22.6 Å². The summed E-state index contributed by atoms with van der Waals surface area (Å²) in [7, 11) is 0. The SMILES string of the molecule is CCCN1CCN(c2ncc(-c3ncc[nH]3)c(-c3ccc(F)cc3)n2)CC1. The highest BCUT2D eigenvalue weighted by Crippen LogP contribution is 2.29. The Balaban J connectivity index is 1.67. The van der Waals surface area contributed by atoms with Gasteiger partial charge in [-0.25, -0.2) is 19.3 Å². The van der Waals surface area contributed by atoms with Crippen LogP contribution in [0.1, 0.15) is 13.3 Å². The van der Waals surface area contributed by atoms with Crippen LogP contribution in [-0.2, 0) is 0 Å². The molecule has 0 bridgehead atoms. The predicted octanol–water partition coefficient (Wildman–Crippen LogP) is 3.20. The first-order valence-corrected chi connectivity index (χ1v) is 9.34. The Bertz CT molecular complexity index is 870. The highest BCUT2D eigenvalue weighted by molar-refractivity contribution is 5.77. The van der Waals surface area contributed by atoms with Crippen molar-refractivity contribution < 1.29 is 4.39 Å². The van der Waals surface area contributed by atoms with Crippen LogP contribution in [0.4, 0.5) is 10.3 Å². The van der Waals surface area contributed by atoms with E-state index in [4.69, 9.17) is 4.98 Å². The summed E-state index contributed by atoms with van der Waals surface area (Å²) in [5, 5.41) is 0. The van der Waals surface area contributed by atoms with Gasteiger partial charge in [0, 0.05) is 50.3 Å². The van der Waals surface area contributed by atoms with Crippen LogP contribution in [0.15, 0.2) is 42.9 Å². The summed E-state index contributed by atoms with van der Waals surface area (Å²) in [5.74, 6) is 1.15. The molecule has 27 heavy (non-hydrogen) atoms. The Kier molecular flexibility index (Phi) is 5.11. The molecule has 6 nitrogen and oxygen atoms in total. The molecule has 0 atom stereocenters. The average molecular weight is 366 g/mol. The number of hydrogen-bond donors (Lipinski definition) is 1. The largest absolute Gasteiger partial charge is 0.345 e. The van der Waals surface area contributed by atoms with Crippen LogP contribution < -0.4 is 4.90 Å². The summed E-state index contributed by atoms with van der Waals surface area (Å²) in [6.07, 6.45) is 6.44. The van der Waals surface area contributed by atoms with Crippen molar-refractivity contribution in [2.24, 2.45) is 0 Å². The van der Waals surface area contributed by atoms with Crippen molar-refractivity contribution in [1.82, 2.24) is 24.8 Å². The maximum atomic E-state index is 13.4. The Labute approximate surface area is 158 Å². The van der Waals surface area contributed by atoms with Crippen molar-refractivity contribution in [3.63, 3.8) is 0 Å². The van der Waals surface area contributed by atoms with E-state index in [1.165, 1.54) is 18.6 Å². The monoisotopic (exact) mass is 366 g/mol. The Morgan fingerprint density at radius 3 is 2.52 bits per heavy atom. The second kappa shape index (κ2) is 7.84. The number of anilines is 1. The third-order valence-corrected chi connectivity index (χ3v) is 4.84. The van der Waals surface area contributed by atoms with E-state index in [1.54, 1.807) is 30.7 Å². The third-order valence-electron chi connectivity index (χ3n) is 4.84. The molecule has 1 aliphatic heterocycles. The third kappa shape index (κ3) is 3.83. The van der Waals surface area contributed by atoms with Crippen molar-refractivity contribution in [2.75, 3.05) is 37.6 Å². The summed E-state index contributed by atoms with van der Waals surface area (Å²) in [4.78, 5) is 21.6. The van der Waals surface area contributed by atoms with E-state index in [9.17, 15) is 4.39 Å². The van der Waals surface area contributed by atoms with Gasteiger partial charge in [0.15, 0.2) is 0 Å². The average Bonchev–Trinajstić information content (AvgIpc) is 3.24. The molecule has 140 valence electrons. The van der Waals surface area contributed by atoms with E-state index < -0.39 is 0 Å². The van der Waals surface area contributed by atoms with E-state index in [1.807, 2.05) is 0 Å². The number of imidazole rings is 1. The minimum Gasteiger partial charge on any atom is -0.345 e. The van der Waals surface area contributed by atoms with Crippen LogP contribution in [0.5, 0.6) is 0 Å². The van der Waals surface area contributed by atoms with Crippen LogP contribution in [0.3, 0.4) is 0 Å². The molecule has 0 unspecified atom stereocenters. The standard InChI is InChI=1S/C20H23FN6/c1-2-9-26-10-12-27(13-11-26)20-24-14-17(19-22-7-8-23-19)18(25-20)15-3-5-16(21)6-4-15/h3-8,14H,2,9-13H2,1H3,(H,22,23). The minimum atomic E-state index is -0.264. The summed E-state index contributed by atoms with van der Waals surface area (Å²) in [6.45, 7) is 7.18. The van der Waals surface area contributed by atoms with Gasteiger partial charge in [0.05, 0.1) is 11.3 Å². The van der Waals surface area contributed by atoms with Gasteiger partial charge in [-0.2, -0.15) is 0 Å². The van der Waals surface area contributed by atoms with E-state index >= 15 is 0 Å². The van der Waals surface area contributed by atoms with Crippen LogP contribution in [0.2, 0.25) is 0 Å². The molecule has 0 saturated carbocycles. The van der Waals surface area contributed by atoms with E-state index in [0.29, 0.717) is 11.8 Å². The number of aromatic amines is 1. The molecule has 0 spiro atoms. The Hall–Kier alpha value is -2.80. The first kappa shape index (κ1) is 17.6. The van der Waals surface area contributed by atoms with E-state index in [0.717, 1.165) is 49.5 Å². The molecule has 7 heteroatoms. The van der Waals surface area contributed by atoms with Gasteiger partial charge in [-0.1, -0.05) is 6.92 Å². The normalized spacial score (nSPS) is 15.3. The molecule has 3 aromatic rings. The number of rotatable bonds is 5. The van der Waals surface area contributed by atoms with Crippen LogP contribution in [-0.4, -0.2) is 57.6 Å². The second-order valence-electron chi connectivity index (χ2n) is 6.71. The molecule has 1 saturated heterocycles. The van der Waals surface area contributed by atoms with E-state index in [-0.39, 0.29) is 5.82 Å². The molecule has 1 aromatic carbocycles. The molecular weight excluding hydrogens is 343 g/mol. The fourth-order valence-corrected chi connectivity index (χ4v) is 3.43. The first-order valence-electron chi connectivity index (χ1n) is 9.34. The van der Waals surface area contributed by atoms with Gasteiger partial charge in [0.25, 0.3) is 0 Å². The lowest BCUT2D eigenvalue weighted by atomic mass is 10.1. The van der Waals surface area contributed by atoms with E-state index in [2.05, 4.69) is 31.7 Å². The summed E-state index contributed by atoms with van der Waals surface area (Å²) < 4.78 is 13.4. The highest BCUT2D eigenvalue weighted by Gasteiger charge is 2.21. The fraction of sp³-hybridized carbons (Fsp3) is 0.350. The second-order valence-corrected chi connectivity index (χ2v) is 6.71. The lowest BCUT2D eigenvalue weighted by molar-refractivity contribution is 0.257. The van der Waals surface area contributed by atoms with Gasteiger partial charge in [-0.05, 0) is 37.2 Å². The zero-order valence-electron chi connectivity index (χ0n) is 15.4. The quantitative estimate of drug-likeness (QED) is 0.751. The molecular formula is C20H23FN6. The highest BCUT2D eigenvalue weighted by atomic mass is 19.1. The number of H-pyrrole nitrogens is 1.